The van der Waals surface area contributed by atoms with E-state index in [4.69, 9.17) is 9.84 Å². The number of sulfone groups is 1. The molecule has 2 N–H and O–H groups in total. The van der Waals surface area contributed by atoms with Crippen molar-refractivity contribution in [3.63, 3.8) is 0 Å². The smallest absolute Gasteiger partial charge is 0.235 e. The molecule has 0 fully saturated rings. The number of ether oxygens (including phenoxy) is 1. The van der Waals surface area contributed by atoms with Gasteiger partial charge in [0.15, 0.2) is 9.84 Å². The lowest BCUT2D eigenvalue weighted by atomic mass is 10.0. The van der Waals surface area contributed by atoms with E-state index in [0.29, 0.717) is 12.2 Å². The first-order chi connectivity index (χ1) is 12.4. The lowest BCUT2D eigenvalue weighted by Gasteiger charge is -2.08. The molecule has 0 radical (unpaired) electrons. The highest BCUT2D eigenvalue weighted by Gasteiger charge is 2.17. The van der Waals surface area contributed by atoms with Gasteiger partial charge in [-0.15, -0.1) is 0 Å². The van der Waals surface area contributed by atoms with Crippen LogP contribution in [0.3, 0.4) is 0 Å². The lowest BCUT2D eigenvalue weighted by Crippen LogP contribution is -2.32. The van der Waals surface area contributed by atoms with Crippen molar-refractivity contribution in [2.45, 2.75) is 12.7 Å². The number of carbonyl (C=O) groups is 1. The Kier molecular flexibility index (Phi) is 7.17. The van der Waals surface area contributed by atoms with Gasteiger partial charge >= 0.3 is 0 Å². The molecular formula is C19H23NO5S. The monoisotopic (exact) mass is 377 g/mol. The van der Waals surface area contributed by atoms with Crippen molar-refractivity contribution < 1.29 is 23.1 Å². The molecule has 0 aliphatic rings. The summed E-state index contributed by atoms with van der Waals surface area (Å²) in [5.41, 5.74) is 2.55. The largest absolute Gasteiger partial charge is 0.494 e. The molecule has 7 heteroatoms. The molecule has 0 bridgehead atoms. The van der Waals surface area contributed by atoms with Gasteiger partial charge in [0.2, 0.25) is 5.91 Å². The summed E-state index contributed by atoms with van der Waals surface area (Å²) in [6, 6.07) is 14.9. The van der Waals surface area contributed by atoms with Crippen LogP contribution in [0.4, 0.5) is 0 Å². The molecule has 0 unspecified atom stereocenters. The highest BCUT2D eigenvalue weighted by Crippen LogP contribution is 2.24. The summed E-state index contributed by atoms with van der Waals surface area (Å²) < 4.78 is 29.7. The molecule has 0 spiro atoms. The number of benzene rings is 2. The number of aliphatic hydroxyl groups excluding tert-OH is 1. The van der Waals surface area contributed by atoms with Crippen LogP contribution in [0.5, 0.6) is 5.75 Å². The van der Waals surface area contributed by atoms with Crippen molar-refractivity contribution in [2.75, 3.05) is 25.5 Å². The van der Waals surface area contributed by atoms with Gasteiger partial charge in [0.05, 0.1) is 19.0 Å². The third-order valence-corrected chi connectivity index (χ3v) is 5.08. The number of carbonyl (C=O) groups excluding carboxylic acids is 1. The third kappa shape index (κ3) is 6.16. The third-order valence-electron chi connectivity index (χ3n) is 3.60. The Bertz CT molecular complexity index is 831. The van der Waals surface area contributed by atoms with E-state index in [9.17, 15) is 13.2 Å². The van der Waals surface area contributed by atoms with Crippen molar-refractivity contribution in [1.29, 1.82) is 0 Å². The minimum atomic E-state index is -3.57. The van der Waals surface area contributed by atoms with Gasteiger partial charge in [-0.2, -0.15) is 0 Å². The maximum Gasteiger partial charge on any atom is 0.235 e. The second kappa shape index (κ2) is 9.35. The van der Waals surface area contributed by atoms with Gasteiger partial charge in [-0.3, -0.25) is 4.79 Å². The van der Waals surface area contributed by atoms with E-state index in [-0.39, 0.29) is 18.9 Å². The number of hydrogen-bond donors (Lipinski definition) is 2. The molecule has 0 saturated heterocycles. The van der Waals surface area contributed by atoms with E-state index in [2.05, 4.69) is 5.32 Å². The zero-order valence-corrected chi connectivity index (χ0v) is 15.5. The first kappa shape index (κ1) is 19.9. The van der Waals surface area contributed by atoms with Crippen molar-refractivity contribution in [3.8, 4) is 16.9 Å². The van der Waals surface area contributed by atoms with E-state index < -0.39 is 21.5 Å². The summed E-state index contributed by atoms with van der Waals surface area (Å²) in [7, 11) is -3.57. The second-order valence-electron chi connectivity index (χ2n) is 5.76. The Morgan fingerprint density at radius 3 is 2.50 bits per heavy atom. The molecule has 26 heavy (non-hydrogen) atoms. The molecule has 0 atom stereocenters. The van der Waals surface area contributed by atoms with Crippen LogP contribution in [-0.4, -0.2) is 44.9 Å². The van der Waals surface area contributed by atoms with Crippen LogP contribution in [0, 0.1) is 0 Å². The molecule has 0 saturated carbocycles. The maximum absolute atomic E-state index is 12.1. The summed E-state index contributed by atoms with van der Waals surface area (Å²) in [5, 5.41) is 11.0. The van der Waals surface area contributed by atoms with Gasteiger partial charge in [-0.25, -0.2) is 8.42 Å². The summed E-state index contributed by atoms with van der Waals surface area (Å²) in [5.74, 6) is -0.627. The highest BCUT2D eigenvalue weighted by molar-refractivity contribution is 7.91. The molecule has 2 aromatic carbocycles. The molecule has 0 heterocycles. The first-order valence-electron chi connectivity index (χ1n) is 8.33. The molecule has 2 rings (SSSR count). The number of hydrogen-bond acceptors (Lipinski definition) is 5. The van der Waals surface area contributed by atoms with Crippen molar-refractivity contribution in [2.24, 2.45) is 0 Å². The van der Waals surface area contributed by atoms with Crippen LogP contribution in [0.2, 0.25) is 0 Å². The molecule has 140 valence electrons. The fraction of sp³-hybridized carbons (Fsp3) is 0.316. The standard InChI is InChI=1S/C19H23NO5S/c1-2-25-18-5-3-4-17(12-18)16-8-6-15(7-9-16)13-26(23,24)14-19(22)20-10-11-21/h3-9,12,21H,2,10-11,13-14H2,1H3,(H,20,22). The van der Waals surface area contributed by atoms with Crippen molar-refractivity contribution in [3.05, 3.63) is 54.1 Å². The number of rotatable bonds is 9. The fourth-order valence-corrected chi connectivity index (χ4v) is 3.78. The average molecular weight is 377 g/mol. The van der Waals surface area contributed by atoms with Crippen LogP contribution < -0.4 is 10.1 Å². The van der Waals surface area contributed by atoms with E-state index in [1.54, 1.807) is 12.1 Å². The van der Waals surface area contributed by atoms with Gasteiger partial charge in [0, 0.05) is 6.54 Å². The molecule has 1 amide bonds. The SMILES string of the molecule is CCOc1cccc(-c2ccc(CS(=O)(=O)CC(=O)NCCO)cc2)c1. The molecule has 6 nitrogen and oxygen atoms in total. The Balaban J connectivity index is 2.05. The minimum Gasteiger partial charge on any atom is -0.494 e. The Morgan fingerprint density at radius 2 is 1.85 bits per heavy atom. The highest BCUT2D eigenvalue weighted by atomic mass is 32.2. The van der Waals surface area contributed by atoms with E-state index in [1.807, 2.05) is 43.3 Å². The van der Waals surface area contributed by atoms with Gasteiger partial charge in [-0.1, -0.05) is 36.4 Å². The number of aliphatic hydroxyl groups is 1. The van der Waals surface area contributed by atoms with E-state index >= 15 is 0 Å². The van der Waals surface area contributed by atoms with Gasteiger partial charge in [0.1, 0.15) is 11.5 Å². The Labute approximate surface area is 153 Å². The summed E-state index contributed by atoms with van der Waals surface area (Å²) in [6.45, 7) is 2.33. The number of amides is 1. The van der Waals surface area contributed by atoms with E-state index in [1.165, 1.54) is 0 Å². The van der Waals surface area contributed by atoms with Gasteiger partial charge in [0.25, 0.3) is 0 Å². The minimum absolute atomic E-state index is 0.0455. The predicted molar refractivity (Wildman–Crippen MR) is 101 cm³/mol. The van der Waals surface area contributed by atoms with Crippen LogP contribution in [0.1, 0.15) is 12.5 Å². The zero-order valence-electron chi connectivity index (χ0n) is 14.6. The molecule has 0 aliphatic carbocycles. The molecule has 2 aromatic rings. The normalized spacial score (nSPS) is 11.2. The molecular weight excluding hydrogens is 354 g/mol. The second-order valence-corrected chi connectivity index (χ2v) is 7.83. The van der Waals surface area contributed by atoms with E-state index in [0.717, 1.165) is 16.9 Å². The quantitative estimate of drug-likeness (QED) is 0.695. The van der Waals surface area contributed by atoms with Crippen LogP contribution in [-0.2, 0) is 20.4 Å². The fourth-order valence-electron chi connectivity index (χ4n) is 2.48. The van der Waals surface area contributed by atoms with Crippen molar-refractivity contribution >= 4 is 15.7 Å². The average Bonchev–Trinajstić information content (AvgIpc) is 2.60. The molecule has 0 aromatic heterocycles. The topological polar surface area (TPSA) is 92.7 Å². The first-order valence-corrected chi connectivity index (χ1v) is 10.2. The number of nitrogens with one attached hydrogen (secondary N) is 1. The Morgan fingerprint density at radius 1 is 1.12 bits per heavy atom. The van der Waals surface area contributed by atoms with Crippen LogP contribution in [0.25, 0.3) is 11.1 Å². The lowest BCUT2D eigenvalue weighted by molar-refractivity contribution is -0.118. The van der Waals surface area contributed by atoms with Crippen LogP contribution >= 0.6 is 0 Å². The zero-order chi connectivity index (χ0) is 19.0. The van der Waals surface area contributed by atoms with Gasteiger partial charge in [-0.05, 0) is 35.7 Å². The summed E-state index contributed by atoms with van der Waals surface area (Å²) >= 11 is 0. The van der Waals surface area contributed by atoms with Gasteiger partial charge < -0.3 is 15.2 Å². The summed E-state index contributed by atoms with van der Waals surface area (Å²) in [6.07, 6.45) is 0. The predicted octanol–water partition coefficient (Wildman–Crippen LogP) is 1.78. The summed E-state index contributed by atoms with van der Waals surface area (Å²) in [4.78, 5) is 11.5. The van der Waals surface area contributed by atoms with Crippen molar-refractivity contribution in [1.82, 2.24) is 5.32 Å². The Hall–Kier alpha value is -2.38. The maximum atomic E-state index is 12.1. The molecule has 0 aliphatic heterocycles. The van der Waals surface area contributed by atoms with Crippen LogP contribution in [0.15, 0.2) is 48.5 Å².